The van der Waals surface area contributed by atoms with Crippen molar-refractivity contribution in [1.82, 2.24) is 9.88 Å². The van der Waals surface area contributed by atoms with Gasteiger partial charge in [-0.05, 0) is 74.0 Å². The number of carbonyl (C=O) groups is 1. The highest BCUT2D eigenvalue weighted by molar-refractivity contribution is 6.32. The number of rotatable bonds is 4. The number of benzene rings is 1. The Hall–Kier alpha value is -2.11. The van der Waals surface area contributed by atoms with E-state index in [1.165, 1.54) is 12.8 Å². The normalized spacial score (nSPS) is 24.9. The van der Waals surface area contributed by atoms with Gasteiger partial charge in [0.05, 0.1) is 11.2 Å². The number of hydrogen-bond donors (Lipinski definition) is 1. The molecule has 2 aromatic rings. The van der Waals surface area contributed by atoms with Crippen LogP contribution < -0.4 is 10.5 Å². The lowest BCUT2D eigenvalue weighted by Gasteiger charge is -2.26. The van der Waals surface area contributed by atoms with E-state index in [1.54, 1.807) is 30.6 Å². The molecule has 3 fully saturated rings. The molecule has 0 spiro atoms. The van der Waals surface area contributed by atoms with Gasteiger partial charge in [-0.1, -0.05) is 11.6 Å². The van der Waals surface area contributed by atoms with Crippen molar-refractivity contribution in [3.05, 3.63) is 52.8 Å². The minimum absolute atomic E-state index is 0.292. The second-order valence-corrected chi connectivity index (χ2v) is 7.61. The number of amides is 1. The third kappa shape index (κ3) is 3.55. The first kappa shape index (κ1) is 17.3. The van der Waals surface area contributed by atoms with Crippen molar-refractivity contribution >= 4 is 17.5 Å². The van der Waals surface area contributed by atoms with Crippen LogP contribution in [0.5, 0.6) is 11.5 Å². The monoisotopic (exact) mass is 371 g/mol. The van der Waals surface area contributed by atoms with Gasteiger partial charge in [0.25, 0.3) is 0 Å². The molecule has 3 aliphatic rings. The Labute approximate surface area is 158 Å². The maximum Gasteiger partial charge on any atom is 0.248 e. The summed E-state index contributed by atoms with van der Waals surface area (Å²) in [6.45, 7) is 3.26. The minimum Gasteiger partial charge on any atom is -0.454 e. The summed E-state index contributed by atoms with van der Waals surface area (Å²) in [7, 11) is 0. The second-order valence-electron chi connectivity index (χ2n) is 7.20. The van der Waals surface area contributed by atoms with Gasteiger partial charge < -0.3 is 15.4 Å². The van der Waals surface area contributed by atoms with E-state index in [4.69, 9.17) is 22.1 Å². The highest BCUT2D eigenvalue weighted by atomic mass is 35.5. The number of piperidine rings is 1. The molecule has 1 amide bonds. The topological polar surface area (TPSA) is 68.5 Å². The second kappa shape index (κ2) is 7.25. The fraction of sp³-hybridized carbons (Fsp3) is 0.400. The van der Waals surface area contributed by atoms with Gasteiger partial charge in [-0.25, -0.2) is 0 Å². The van der Waals surface area contributed by atoms with E-state index < -0.39 is 5.91 Å². The molecule has 5 nitrogen and oxygen atoms in total. The van der Waals surface area contributed by atoms with Crippen LogP contribution >= 0.6 is 11.6 Å². The molecule has 5 rings (SSSR count). The summed E-state index contributed by atoms with van der Waals surface area (Å²) in [4.78, 5) is 18.5. The number of halogens is 1. The fourth-order valence-corrected chi connectivity index (χ4v) is 4.29. The molecule has 0 saturated carbocycles. The number of nitrogens with two attached hydrogens (primary N) is 1. The number of primary amides is 1. The Bertz CT molecular complexity index is 804. The molecular weight excluding hydrogens is 350 g/mol. The molecule has 0 aliphatic carbocycles. The molecule has 1 atom stereocenters. The lowest BCUT2D eigenvalue weighted by molar-refractivity contribution is 0.0998. The Morgan fingerprint density at radius 2 is 2.08 bits per heavy atom. The number of fused-ring (bicyclic) bond motifs is 4. The maximum atomic E-state index is 12.0. The number of nitrogens with zero attached hydrogens (tertiary/aromatic N) is 2. The van der Waals surface area contributed by atoms with E-state index in [2.05, 4.69) is 9.88 Å². The predicted molar refractivity (Wildman–Crippen MR) is 101 cm³/mol. The molecule has 4 heterocycles. The number of pyridine rings is 1. The lowest BCUT2D eigenvalue weighted by Crippen LogP contribution is -2.31. The van der Waals surface area contributed by atoms with E-state index in [1.807, 2.05) is 6.07 Å². The van der Waals surface area contributed by atoms with Crippen LogP contribution in [0.2, 0.25) is 5.02 Å². The maximum absolute atomic E-state index is 12.0. The number of carbonyl (C=O) groups excluding carboxylic acids is 1. The zero-order valence-corrected chi connectivity index (χ0v) is 15.3. The predicted octanol–water partition coefficient (Wildman–Crippen LogP) is 3.83. The van der Waals surface area contributed by atoms with Gasteiger partial charge in [0.15, 0.2) is 5.75 Å². The van der Waals surface area contributed by atoms with Crippen LogP contribution in [-0.2, 0) is 0 Å². The molecule has 1 aromatic heterocycles. The fourth-order valence-electron chi connectivity index (χ4n) is 4.15. The minimum atomic E-state index is -0.391. The molecule has 1 unspecified atom stereocenters. The van der Waals surface area contributed by atoms with Crippen LogP contribution in [0, 0.1) is 5.92 Å². The van der Waals surface area contributed by atoms with Gasteiger partial charge in [-0.2, -0.15) is 0 Å². The summed E-state index contributed by atoms with van der Waals surface area (Å²) in [5, 5.41) is 0.499. The summed E-state index contributed by atoms with van der Waals surface area (Å²) in [6, 6.07) is 7.16. The third-order valence-electron chi connectivity index (χ3n) is 5.49. The van der Waals surface area contributed by atoms with Crippen LogP contribution in [0.15, 0.2) is 36.7 Å². The number of hydrogen-bond acceptors (Lipinski definition) is 4. The van der Waals surface area contributed by atoms with Gasteiger partial charge >= 0.3 is 0 Å². The Morgan fingerprint density at radius 1 is 1.27 bits per heavy atom. The molecular formula is C20H22ClN3O2. The van der Waals surface area contributed by atoms with E-state index in [9.17, 15) is 4.79 Å². The van der Waals surface area contributed by atoms with E-state index in [-0.39, 0.29) is 0 Å². The number of aromatic nitrogens is 1. The first-order chi connectivity index (χ1) is 12.6. The largest absolute Gasteiger partial charge is 0.454 e. The van der Waals surface area contributed by atoms with E-state index in [0.717, 1.165) is 37.5 Å². The molecule has 3 aliphatic heterocycles. The summed E-state index contributed by atoms with van der Waals surface area (Å²) >= 11 is 6.17. The van der Waals surface area contributed by atoms with E-state index >= 15 is 0 Å². The quantitative estimate of drug-likeness (QED) is 0.886. The van der Waals surface area contributed by atoms with Crippen molar-refractivity contribution in [3.8, 4) is 11.5 Å². The van der Waals surface area contributed by atoms with Crippen LogP contribution in [0.4, 0.5) is 0 Å². The average Bonchev–Trinajstić information content (AvgIpc) is 2.97. The van der Waals surface area contributed by atoms with Crippen LogP contribution in [0.3, 0.4) is 0 Å². The van der Waals surface area contributed by atoms with Crippen molar-refractivity contribution in [2.24, 2.45) is 11.7 Å². The van der Waals surface area contributed by atoms with Gasteiger partial charge in [-0.15, -0.1) is 0 Å². The molecule has 136 valence electrons. The molecule has 3 saturated heterocycles. The van der Waals surface area contributed by atoms with Crippen LogP contribution in [-0.4, -0.2) is 35.4 Å². The zero-order chi connectivity index (χ0) is 18.1. The van der Waals surface area contributed by atoms with Gasteiger partial charge in [-0.3, -0.25) is 9.78 Å². The van der Waals surface area contributed by atoms with Crippen molar-refractivity contribution in [2.45, 2.75) is 25.2 Å². The van der Waals surface area contributed by atoms with Gasteiger partial charge in [0.1, 0.15) is 5.75 Å². The van der Waals surface area contributed by atoms with Crippen molar-refractivity contribution in [2.75, 3.05) is 19.6 Å². The molecule has 0 radical (unpaired) electrons. The van der Waals surface area contributed by atoms with E-state index in [0.29, 0.717) is 28.0 Å². The SMILES string of the molecule is NC(=O)c1ccc(Oc2cnccc2Cl)cc1C1CC2CCN(CC2)C1. The highest BCUT2D eigenvalue weighted by Gasteiger charge is 2.31. The molecule has 2 bridgehead atoms. The molecule has 2 N–H and O–H groups in total. The standard InChI is InChI=1S/C20H22ClN3O2/c21-18-3-6-23-11-19(18)26-15-1-2-16(20(22)25)17(10-15)14-9-13-4-7-24(12-14)8-5-13/h1-3,6,10-11,13-14H,4-5,7-9,12H2,(H2,22,25). The first-order valence-corrected chi connectivity index (χ1v) is 9.41. The molecule has 26 heavy (non-hydrogen) atoms. The lowest BCUT2D eigenvalue weighted by atomic mass is 9.85. The summed E-state index contributed by atoms with van der Waals surface area (Å²) in [5.74, 6) is 1.76. The highest BCUT2D eigenvalue weighted by Crippen LogP contribution is 2.38. The molecule has 6 heteroatoms. The van der Waals surface area contributed by atoms with Crippen LogP contribution in [0.25, 0.3) is 0 Å². The van der Waals surface area contributed by atoms with Gasteiger partial charge in [0.2, 0.25) is 5.91 Å². The van der Waals surface area contributed by atoms with Crippen molar-refractivity contribution in [3.63, 3.8) is 0 Å². The Kier molecular flexibility index (Phi) is 4.83. The third-order valence-corrected chi connectivity index (χ3v) is 5.81. The van der Waals surface area contributed by atoms with Crippen LogP contribution in [0.1, 0.15) is 41.1 Å². The smallest absolute Gasteiger partial charge is 0.248 e. The van der Waals surface area contributed by atoms with Crippen molar-refractivity contribution < 1.29 is 9.53 Å². The summed E-state index contributed by atoms with van der Waals surface area (Å²) in [6.07, 6.45) is 6.77. The average molecular weight is 372 g/mol. The Morgan fingerprint density at radius 3 is 2.81 bits per heavy atom. The summed E-state index contributed by atoms with van der Waals surface area (Å²) < 4.78 is 5.92. The Balaban J connectivity index is 1.67. The van der Waals surface area contributed by atoms with Gasteiger partial charge in [0, 0.05) is 18.3 Å². The van der Waals surface area contributed by atoms with Crippen molar-refractivity contribution in [1.29, 1.82) is 0 Å². The summed E-state index contributed by atoms with van der Waals surface area (Å²) in [5.41, 5.74) is 7.21. The zero-order valence-electron chi connectivity index (χ0n) is 14.5. The number of ether oxygens (including phenoxy) is 1. The first-order valence-electron chi connectivity index (χ1n) is 9.03. The molecule has 1 aromatic carbocycles.